The molecule has 2 unspecified atom stereocenters. The molecule has 0 amide bonds. The largest absolute Gasteiger partial charge is 0.423 e. The SMILES string of the molecule is O=[N+]([O-])c1ccc2nc(NC3CCCCC3O)oc2c1. The molecular formula is C13H15N3O4. The number of nitrogens with zero attached hydrogens (tertiary/aromatic N) is 2. The lowest BCUT2D eigenvalue weighted by Gasteiger charge is -2.27. The number of anilines is 1. The molecule has 1 aliphatic carbocycles. The van der Waals surface area contributed by atoms with Crippen molar-refractivity contribution in [3.8, 4) is 0 Å². The topological polar surface area (TPSA) is 101 Å². The summed E-state index contributed by atoms with van der Waals surface area (Å²) in [5.74, 6) is 0. The predicted octanol–water partition coefficient (Wildman–Crippen LogP) is 2.45. The van der Waals surface area contributed by atoms with Gasteiger partial charge in [0, 0.05) is 6.07 Å². The molecule has 2 aromatic rings. The van der Waals surface area contributed by atoms with Crippen molar-refractivity contribution < 1.29 is 14.4 Å². The fraction of sp³-hybridized carbons (Fsp3) is 0.462. The van der Waals surface area contributed by atoms with Gasteiger partial charge in [-0.3, -0.25) is 10.1 Å². The Bertz CT molecular complexity index is 640. The van der Waals surface area contributed by atoms with Gasteiger partial charge in [0.2, 0.25) is 0 Å². The molecule has 20 heavy (non-hydrogen) atoms. The first kappa shape index (κ1) is 12.9. The highest BCUT2D eigenvalue weighted by molar-refractivity contribution is 5.77. The van der Waals surface area contributed by atoms with Crippen LogP contribution in [0.1, 0.15) is 25.7 Å². The summed E-state index contributed by atoms with van der Waals surface area (Å²) in [6.07, 6.45) is 3.30. The van der Waals surface area contributed by atoms with Gasteiger partial charge in [-0.2, -0.15) is 4.98 Å². The molecule has 2 atom stereocenters. The summed E-state index contributed by atoms with van der Waals surface area (Å²) in [7, 11) is 0. The van der Waals surface area contributed by atoms with Gasteiger partial charge in [-0.05, 0) is 18.9 Å². The third-order valence-electron chi connectivity index (χ3n) is 3.62. The highest BCUT2D eigenvalue weighted by Gasteiger charge is 2.24. The van der Waals surface area contributed by atoms with Gasteiger partial charge in [0.1, 0.15) is 5.52 Å². The van der Waals surface area contributed by atoms with Crippen molar-refractivity contribution in [3.05, 3.63) is 28.3 Å². The maximum atomic E-state index is 10.7. The van der Waals surface area contributed by atoms with Crippen LogP contribution in [0.4, 0.5) is 11.7 Å². The normalized spacial score (nSPS) is 22.9. The van der Waals surface area contributed by atoms with Crippen molar-refractivity contribution in [2.45, 2.75) is 37.8 Å². The highest BCUT2D eigenvalue weighted by atomic mass is 16.6. The number of non-ortho nitro benzene ring substituents is 1. The van der Waals surface area contributed by atoms with Crippen molar-refractivity contribution in [2.24, 2.45) is 0 Å². The number of aromatic nitrogens is 1. The van der Waals surface area contributed by atoms with Crippen LogP contribution < -0.4 is 5.32 Å². The average Bonchev–Trinajstić information content (AvgIpc) is 2.82. The smallest absolute Gasteiger partial charge is 0.295 e. The van der Waals surface area contributed by atoms with Gasteiger partial charge in [-0.15, -0.1) is 0 Å². The van der Waals surface area contributed by atoms with E-state index in [4.69, 9.17) is 4.42 Å². The molecule has 0 bridgehead atoms. The molecule has 106 valence electrons. The molecule has 1 saturated carbocycles. The van der Waals surface area contributed by atoms with E-state index >= 15 is 0 Å². The lowest BCUT2D eigenvalue weighted by molar-refractivity contribution is -0.384. The van der Waals surface area contributed by atoms with E-state index in [9.17, 15) is 15.2 Å². The zero-order valence-corrected chi connectivity index (χ0v) is 10.8. The molecular weight excluding hydrogens is 262 g/mol. The number of rotatable bonds is 3. The van der Waals surface area contributed by atoms with Gasteiger partial charge in [-0.25, -0.2) is 0 Å². The van der Waals surface area contributed by atoms with Crippen molar-refractivity contribution in [1.82, 2.24) is 4.98 Å². The van der Waals surface area contributed by atoms with Gasteiger partial charge < -0.3 is 14.8 Å². The maximum absolute atomic E-state index is 10.7. The molecule has 0 radical (unpaired) electrons. The molecule has 1 fully saturated rings. The molecule has 1 aromatic heterocycles. The summed E-state index contributed by atoms with van der Waals surface area (Å²) in [6.45, 7) is 0. The first-order chi connectivity index (χ1) is 9.63. The summed E-state index contributed by atoms with van der Waals surface area (Å²) in [5.41, 5.74) is 0.897. The van der Waals surface area contributed by atoms with Crippen LogP contribution in [0.2, 0.25) is 0 Å². The van der Waals surface area contributed by atoms with Crippen LogP contribution in [0.25, 0.3) is 11.1 Å². The van der Waals surface area contributed by atoms with Gasteiger partial charge in [0.15, 0.2) is 5.58 Å². The fourth-order valence-electron chi connectivity index (χ4n) is 2.53. The highest BCUT2D eigenvalue weighted by Crippen LogP contribution is 2.26. The van der Waals surface area contributed by atoms with Crippen LogP contribution in [-0.2, 0) is 0 Å². The number of oxazole rings is 1. The molecule has 0 spiro atoms. The van der Waals surface area contributed by atoms with E-state index in [1.54, 1.807) is 6.07 Å². The third-order valence-corrected chi connectivity index (χ3v) is 3.62. The molecule has 2 N–H and O–H groups in total. The Morgan fingerprint density at radius 2 is 2.20 bits per heavy atom. The zero-order chi connectivity index (χ0) is 14.1. The monoisotopic (exact) mass is 277 g/mol. The Labute approximate surface area is 114 Å². The third kappa shape index (κ3) is 2.44. The van der Waals surface area contributed by atoms with E-state index < -0.39 is 11.0 Å². The number of aliphatic hydroxyl groups is 1. The Morgan fingerprint density at radius 1 is 1.40 bits per heavy atom. The van der Waals surface area contributed by atoms with Gasteiger partial charge in [0.25, 0.3) is 11.7 Å². The predicted molar refractivity (Wildman–Crippen MR) is 72.5 cm³/mol. The van der Waals surface area contributed by atoms with E-state index in [-0.39, 0.29) is 11.7 Å². The van der Waals surface area contributed by atoms with Gasteiger partial charge in [0.05, 0.1) is 23.1 Å². The zero-order valence-electron chi connectivity index (χ0n) is 10.8. The molecule has 3 rings (SSSR count). The first-order valence-corrected chi connectivity index (χ1v) is 6.63. The summed E-state index contributed by atoms with van der Waals surface area (Å²) >= 11 is 0. The van der Waals surface area contributed by atoms with E-state index in [1.807, 2.05) is 0 Å². The number of nitro groups is 1. The Morgan fingerprint density at radius 3 is 2.95 bits per heavy atom. The molecule has 0 aliphatic heterocycles. The number of nitrogens with one attached hydrogen (secondary N) is 1. The number of nitro benzene ring substituents is 1. The van der Waals surface area contributed by atoms with Crippen LogP contribution in [0, 0.1) is 10.1 Å². The van der Waals surface area contributed by atoms with Crippen molar-refractivity contribution in [1.29, 1.82) is 0 Å². The van der Waals surface area contributed by atoms with Crippen molar-refractivity contribution in [3.63, 3.8) is 0 Å². The van der Waals surface area contributed by atoms with Gasteiger partial charge in [-0.1, -0.05) is 12.8 Å². The quantitative estimate of drug-likeness (QED) is 0.660. The number of fused-ring (bicyclic) bond motifs is 1. The summed E-state index contributed by atoms with van der Waals surface area (Å²) < 4.78 is 5.47. The number of aliphatic hydroxyl groups excluding tert-OH is 1. The Hall–Kier alpha value is -2.15. The van der Waals surface area contributed by atoms with Gasteiger partial charge >= 0.3 is 0 Å². The Balaban J connectivity index is 1.83. The minimum atomic E-state index is -0.472. The summed E-state index contributed by atoms with van der Waals surface area (Å²) in [4.78, 5) is 14.5. The van der Waals surface area contributed by atoms with E-state index in [0.29, 0.717) is 17.1 Å². The second-order valence-corrected chi connectivity index (χ2v) is 5.03. The second kappa shape index (κ2) is 5.09. The first-order valence-electron chi connectivity index (χ1n) is 6.63. The van der Waals surface area contributed by atoms with Crippen molar-refractivity contribution >= 4 is 22.8 Å². The van der Waals surface area contributed by atoms with Crippen LogP contribution in [-0.4, -0.2) is 27.2 Å². The minimum Gasteiger partial charge on any atom is -0.423 e. The van der Waals surface area contributed by atoms with E-state index in [1.165, 1.54) is 12.1 Å². The summed E-state index contributed by atoms with van der Waals surface area (Å²) in [5, 5.41) is 23.7. The fourth-order valence-corrected chi connectivity index (χ4v) is 2.53. The Kier molecular flexibility index (Phi) is 3.27. The molecule has 1 heterocycles. The standard InChI is InChI=1S/C13H15N3O4/c17-11-4-2-1-3-9(11)14-13-15-10-6-5-8(16(18)19)7-12(10)20-13/h5-7,9,11,17H,1-4H2,(H,14,15). The van der Waals surface area contributed by atoms with E-state index in [2.05, 4.69) is 10.3 Å². The van der Waals surface area contributed by atoms with Crippen LogP contribution in [0.3, 0.4) is 0 Å². The molecule has 1 aliphatic rings. The molecule has 0 saturated heterocycles. The summed E-state index contributed by atoms with van der Waals surface area (Å²) in [6, 6.07) is 4.52. The van der Waals surface area contributed by atoms with Crippen LogP contribution >= 0.6 is 0 Å². The average molecular weight is 277 g/mol. The number of hydrogen-bond donors (Lipinski definition) is 2. The number of hydrogen-bond acceptors (Lipinski definition) is 6. The molecule has 7 nitrogen and oxygen atoms in total. The van der Waals surface area contributed by atoms with Crippen LogP contribution in [0.15, 0.2) is 22.6 Å². The number of benzene rings is 1. The molecule has 1 aromatic carbocycles. The van der Waals surface area contributed by atoms with Crippen molar-refractivity contribution in [2.75, 3.05) is 5.32 Å². The van der Waals surface area contributed by atoms with Crippen LogP contribution in [0.5, 0.6) is 0 Å². The molecule has 7 heteroatoms. The van der Waals surface area contributed by atoms with E-state index in [0.717, 1.165) is 25.7 Å². The second-order valence-electron chi connectivity index (χ2n) is 5.03. The maximum Gasteiger partial charge on any atom is 0.295 e. The lowest BCUT2D eigenvalue weighted by atomic mass is 9.93. The lowest BCUT2D eigenvalue weighted by Crippen LogP contribution is -2.36. The minimum absolute atomic E-state index is 0.0297.